The van der Waals surface area contributed by atoms with Crippen molar-refractivity contribution in [1.82, 2.24) is 14.3 Å². The monoisotopic (exact) mass is 246 g/mol. The molecular formula is C9H18N4O2S. The first-order chi connectivity index (χ1) is 7.27. The minimum atomic E-state index is -3.56. The molecule has 0 saturated heterocycles. The smallest absolute Gasteiger partial charge is 0.260 e. The molecule has 0 saturated carbocycles. The molecule has 1 aromatic rings. The second kappa shape index (κ2) is 4.52. The van der Waals surface area contributed by atoms with Crippen molar-refractivity contribution in [1.29, 1.82) is 0 Å². The highest BCUT2D eigenvalue weighted by atomic mass is 32.2. The molecule has 0 radical (unpaired) electrons. The molecular weight excluding hydrogens is 228 g/mol. The highest BCUT2D eigenvalue weighted by Gasteiger charge is 2.26. The van der Waals surface area contributed by atoms with Crippen LogP contribution in [0, 0.1) is 0 Å². The molecule has 0 fully saturated rings. The molecule has 0 aliphatic heterocycles. The molecule has 1 rings (SSSR count). The van der Waals surface area contributed by atoms with Gasteiger partial charge < -0.3 is 10.3 Å². The lowest BCUT2D eigenvalue weighted by Crippen LogP contribution is -2.44. The Morgan fingerprint density at radius 1 is 1.56 bits per heavy atom. The van der Waals surface area contributed by atoms with Crippen LogP contribution in [0.25, 0.3) is 0 Å². The maximum absolute atomic E-state index is 11.9. The fraction of sp³-hybridized carbons (Fsp3) is 0.667. The second-order valence-corrected chi connectivity index (χ2v) is 6.03. The largest absolute Gasteiger partial charge is 0.339 e. The minimum Gasteiger partial charge on any atom is -0.339 e. The first-order valence-electron chi connectivity index (χ1n) is 4.99. The maximum atomic E-state index is 11.9. The summed E-state index contributed by atoms with van der Waals surface area (Å²) in [4.78, 5) is 3.81. The van der Waals surface area contributed by atoms with Crippen molar-refractivity contribution in [3.63, 3.8) is 0 Å². The predicted molar refractivity (Wildman–Crippen MR) is 61.3 cm³/mol. The summed E-state index contributed by atoms with van der Waals surface area (Å²) < 4.78 is 28.0. The van der Waals surface area contributed by atoms with E-state index in [2.05, 4.69) is 9.71 Å². The van der Waals surface area contributed by atoms with Crippen LogP contribution in [0.15, 0.2) is 17.6 Å². The van der Waals surface area contributed by atoms with E-state index in [0.717, 1.165) is 0 Å². The van der Waals surface area contributed by atoms with Crippen LogP contribution in [0.4, 0.5) is 0 Å². The molecule has 0 aromatic carbocycles. The van der Waals surface area contributed by atoms with E-state index in [1.807, 2.05) is 0 Å². The van der Waals surface area contributed by atoms with E-state index in [1.165, 1.54) is 12.5 Å². The lowest BCUT2D eigenvalue weighted by Gasteiger charge is -2.24. The number of hydrogen-bond donors (Lipinski definition) is 2. The Kier molecular flexibility index (Phi) is 3.72. The average molecular weight is 246 g/mol. The van der Waals surface area contributed by atoms with Gasteiger partial charge in [0.1, 0.15) is 0 Å². The Hall–Kier alpha value is -0.920. The summed E-state index contributed by atoms with van der Waals surface area (Å²) in [5.74, 6) is 0. The zero-order valence-electron chi connectivity index (χ0n) is 9.77. The predicted octanol–water partition coefficient (Wildman–Crippen LogP) is -0.174. The van der Waals surface area contributed by atoms with Crippen LogP contribution in [0.2, 0.25) is 0 Å². The van der Waals surface area contributed by atoms with Crippen molar-refractivity contribution in [2.45, 2.75) is 30.8 Å². The van der Waals surface area contributed by atoms with Gasteiger partial charge in [-0.3, -0.25) is 0 Å². The molecule has 0 bridgehead atoms. The van der Waals surface area contributed by atoms with Crippen LogP contribution in [-0.4, -0.2) is 30.1 Å². The highest BCUT2D eigenvalue weighted by molar-refractivity contribution is 7.89. The van der Waals surface area contributed by atoms with Gasteiger partial charge in [0.25, 0.3) is 10.0 Å². The Labute approximate surface area is 95.9 Å². The Bertz CT molecular complexity index is 450. The number of aromatic nitrogens is 2. The third kappa shape index (κ3) is 3.29. The summed E-state index contributed by atoms with van der Waals surface area (Å²) >= 11 is 0. The lowest BCUT2D eigenvalue weighted by molar-refractivity contribution is 0.427. The summed E-state index contributed by atoms with van der Waals surface area (Å²) in [6, 6.07) is 0. The van der Waals surface area contributed by atoms with Crippen molar-refractivity contribution in [3.8, 4) is 0 Å². The van der Waals surface area contributed by atoms with Gasteiger partial charge in [-0.1, -0.05) is 0 Å². The van der Waals surface area contributed by atoms with Gasteiger partial charge in [0.15, 0.2) is 5.03 Å². The zero-order valence-corrected chi connectivity index (χ0v) is 10.6. The second-order valence-electron chi connectivity index (χ2n) is 4.41. The molecule has 0 atom stereocenters. The van der Waals surface area contributed by atoms with Gasteiger partial charge in [-0.2, -0.15) is 0 Å². The van der Waals surface area contributed by atoms with E-state index in [9.17, 15) is 8.42 Å². The number of aryl methyl sites for hydroxylation is 1. The van der Waals surface area contributed by atoms with Gasteiger partial charge >= 0.3 is 0 Å². The SMILES string of the molecule is Cn1cnc(S(=O)(=O)NC(C)(C)CCN)c1. The van der Waals surface area contributed by atoms with Crippen molar-refractivity contribution in [2.75, 3.05) is 6.54 Å². The van der Waals surface area contributed by atoms with E-state index in [4.69, 9.17) is 5.73 Å². The van der Waals surface area contributed by atoms with Crippen molar-refractivity contribution in [2.24, 2.45) is 12.8 Å². The van der Waals surface area contributed by atoms with Gasteiger partial charge in [-0.15, -0.1) is 0 Å². The molecule has 16 heavy (non-hydrogen) atoms. The number of nitrogens with one attached hydrogen (secondary N) is 1. The fourth-order valence-corrected chi connectivity index (χ4v) is 2.78. The van der Waals surface area contributed by atoms with Crippen LogP contribution in [-0.2, 0) is 17.1 Å². The first kappa shape index (κ1) is 13.1. The quantitative estimate of drug-likeness (QED) is 0.754. The molecule has 1 aromatic heterocycles. The summed E-state index contributed by atoms with van der Waals surface area (Å²) in [7, 11) is -1.84. The molecule has 0 aliphatic carbocycles. The van der Waals surface area contributed by atoms with E-state index in [1.54, 1.807) is 25.5 Å². The van der Waals surface area contributed by atoms with Crippen molar-refractivity contribution in [3.05, 3.63) is 12.5 Å². The van der Waals surface area contributed by atoms with Gasteiger partial charge in [0.2, 0.25) is 0 Å². The lowest BCUT2D eigenvalue weighted by atomic mass is 10.0. The van der Waals surface area contributed by atoms with Crippen molar-refractivity contribution < 1.29 is 8.42 Å². The van der Waals surface area contributed by atoms with Gasteiger partial charge in [0, 0.05) is 18.8 Å². The van der Waals surface area contributed by atoms with Crippen molar-refractivity contribution >= 4 is 10.0 Å². The van der Waals surface area contributed by atoms with Crippen LogP contribution >= 0.6 is 0 Å². The topological polar surface area (TPSA) is 90.0 Å². The van der Waals surface area contributed by atoms with Crippen LogP contribution in [0.5, 0.6) is 0 Å². The summed E-state index contributed by atoms with van der Waals surface area (Å²) in [5, 5.41) is 0.0279. The number of nitrogens with zero attached hydrogens (tertiary/aromatic N) is 2. The molecule has 92 valence electrons. The number of imidazole rings is 1. The number of rotatable bonds is 5. The van der Waals surface area contributed by atoms with E-state index in [-0.39, 0.29) is 5.03 Å². The third-order valence-electron chi connectivity index (χ3n) is 2.14. The Morgan fingerprint density at radius 2 is 2.19 bits per heavy atom. The number of nitrogens with two attached hydrogens (primary N) is 1. The molecule has 6 nitrogen and oxygen atoms in total. The van der Waals surface area contributed by atoms with Crippen LogP contribution < -0.4 is 10.5 Å². The van der Waals surface area contributed by atoms with Gasteiger partial charge in [-0.05, 0) is 26.8 Å². The summed E-state index contributed by atoms with van der Waals surface area (Å²) in [5.41, 5.74) is 4.86. The van der Waals surface area contributed by atoms with E-state index >= 15 is 0 Å². The fourth-order valence-electron chi connectivity index (χ4n) is 1.36. The average Bonchev–Trinajstić information content (AvgIpc) is 2.49. The minimum absolute atomic E-state index is 0.0279. The molecule has 0 spiro atoms. The standard InChI is InChI=1S/C9H18N4O2S/c1-9(2,4-5-10)12-16(14,15)8-6-13(3)7-11-8/h6-7,12H,4-5,10H2,1-3H3. The molecule has 0 unspecified atom stereocenters. The number of sulfonamides is 1. The van der Waals surface area contributed by atoms with Crippen LogP contribution in [0.3, 0.4) is 0 Å². The van der Waals surface area contributed by atoms with E-state index in [0.29, 0.717) is 13.0 Å². The van der Waals surface area contributed by atoms with Gasteiger partial charge in [-0.25, -0.2) is 18.1 Å². The molecule has 3 N–H and O–H groups in total. The molecule has 0 aliphatic rings. The maximum Gasteiger partial charge on any atom is 0.260 e. The normalized spacial score (nSPS) is 13.0. The summed E-state index contributed by atoms with van der Waals surface area (Å²) in [6.07, 6.45) is 3.48. The molecule has 0 amide bonds. The zero-order chi connectivity index (χ0) is 12.4. The van der Waals surface area contributed by atoms with Crippen LogP contribution in [0.1, 0.15) is 20.3 Å². The summed E-state index contributed by atoms with van der Waals surface area (Å²) in [6.45, 7) is 4.01. The van der Waals surface area contributed by atoms with E-state index < -0.39 is 15.6 Å². The third-order valence-corrected chi connectivity index (χ3v) is 3.72. The number of hydrogen-bond acceptors (Lipinski definition) is 4. The van der Waals surface area contributed by atoms with Gasteiger partial charge in [0.05, 0.1) is 6.33 Å². The highest BCUT2D eigenvalue weighted by Crippen LogP contribution is 2.13. The molecule has 7 heteroatoms. The first-order valence-corrected chi connectivity index (χ1v) is 6.47. The Balaban J connectivity index is 2.88. The Morgan fingerprint density at radius 3 is 2.62 bits per heavy atom. The molecule has 1 heterocycles.